The van der Waals surface area contributed by atoms with E-state index in [0.717, 1.165) is 12.3 Å². The molecular weight excluding hydrogens is 168 g/mol. The summed E-state index contributed by atoms with van der Waals surface area (Å²) in [4.78, 5) is 0. The van der Waals surface area contributed by atoms with Crippen LogP contribution in [0.3, 0.4) is 0 Å². The van der Waals surface area contributed by atoms with Crippen molar-refractivity contribution < 1.29 is 18.6 Å². The van der Waals surface area contributed by atoms with E-state index in [2.05, 4.69) is 0 Å². The molecule has 0 rings (SSSR count). The lowest BCUT2D eigenvalue weighted by atomic mass is 10.5. The highest BCUT2D eigenvalue weighted by molar-refractivity contribution is 7.89. The Balaban J connectivity index is 2.69. The molecule has 68 valence electrons. The van der Waals surface area contributed by atoms with Crippen LogP contribution in [0.25, 0.3) is 0 Å². The summed E-state index contributed by atoms with van der Waals surface area (Å²) >= 11 is 0.911. The smallest absolute Gasteiger partial charge is 0.158 e. The minimum absolute atomic E-state index is 0.136. The van der Waals surface area contributed by atoms with Gasteiger partial charge in [-0.3, -0.25) is 8.37 Å². The Morgan fingerprint density at radius 3 is 1.73 bits per heavy atom. The Kier molecular flexibility index (Phi) is 10.4. The van der Waals surface area contributed by atoms with E-state index in [1.165, 1.54) is 0 Å². The monoisotopic (exact) mass is 182 g/mol. The highest BCUT2D eigenvalue weighted by Gasteiger charge is 1.90. The van der Waals surface area contributed by atoms with Crippen molar-refractivity contribution in [1.82, 2.24) is 0 Å². The molecule has 0 aromatic rings. The van der Waals surface area contributed by atoms with E-state index in [1.54, 1.807) is 0 Å². The maximum atomic E-state index is 8.34. The lowest BCUT2D eigenvalue weighted by Crippen LogP contribution is -1.94. The fourth-order valence-corrected chi connectivity index (χ4v) is 0.789. The second kappa shape index (κ2) is 10.2. The molecule has 4 nitrogen and oxygen atoms in total. The Morgan fingerprint density at radius 2 is 1.36 bits per heavy atom. The molecule has 0 fully saturated rings. The van der Waals surface area contributed by atoms with Gasteiger partial charge in [0.15, 0.2) is 12.3 Å². The number of hydrogen-bond acceptors (Lipinski definition) is 5. The van der Waals surface area contributed by atoms with Crippen LogP contribution < -0.4 is 0 Å². The third-order valence-corrected chi connectivity index (χ3v) is 1.39. The van der Waals surface area contributed by atoms with Crippen LogP contribution in [-0.2, 0) is 8.37 Å². The van der Waals surface area contributed by atoms with E-state index in [4.69, 9.17) is 18.6 Å². The molecule has 2 N–H and O–H groups in total. The molecule has 0 aliphatic carbocycles. The van der Waals surface area contributed by atoms with Gasteiger partial charge in [-0.15, -0.1) is 0 Å². The van der Waals surface area contributed by atoms with Gasteiger partial charge < -0.3 is 10.2 Å². The normalized spacial score (nSPS) is 10.4. The highest BCUT2D eigenvalue weighted by atomic mass is 32.2. The average Bonchev–Trinajstić information content (AvgIpc) is 2.03. The first kappa shape index (κ1) is 11.2. The molecular formula is C6H14O4S. The van der Waals surface area contributed by atoms with Gasteiger partial charge in [0.2, 0.25) is 0 Å². The van der Waals surface area contributed by atoms with Crippen molar-refractivity contribution in [2.24, 2.45) is 0 Å². The fraction of sp³-hybridized carbons (Fsp3) is 1.00. The quantitative estimate of drug-likeness (QED) is 0.419. The van der Waals surface area contributed by atoms with Crippen LogP contribution in [0.4, 0.5) is 0 Å². The van der Waals surface area contributed by atoms with E-state index in [0.29, 0.717) is 26.1 Å². The zero-order valence-electron chi connectivity index (χ0n) is 6.36. The molecule has 0 saturated carbocycles. The summed E-state index contributed by atoms with van der Waals surface area (Å²) in [6, 6.07) is 0. The third kappa shape index (κ3) is 10.2. The van der Waals surface area contributed by atoms with Crippen LogP contribution in [0.5, 0.6) is 0 Å². The van der Waals surface area contributed by atoms with Crippen LogP contribution in [0.2, 0.25) is 0 Å². The lowest BCUT2D eigenvalue weighted by molar-refractivity contribution is 0.218. The van der Waals surface area contributed by atoms with Gasteiger partial charge in [-0.05, 0) is 12.8 Å². The minimum Gasteiger partial charge on any atom is -0.396 e. The van der Waals surface area contributed by atoms with E-state index in [1.807, 2.05) is 0 Å². The summed E-state index contributed by atoms with van der Waals surface area (Å²) < 4.78 is 9.75. The van der Waals surface area contributed by atoms with Gasteiger partial charge in [0.1, 0.15) is 0 Å². The zero-order chi connectivity index (χ0) is 8.36. The second-order valence-electron chi connectivity index (χ2n) is 1.87. The van der Waals surface area contributed by atoms with Crippen molar-refractivity contribution in [3.05, 3.63) is 0 Å². The van der Waals surface area contributed by atoms with Gasteiger partial charge in [0, 0.05) is 13.2 Å². The zero-order valence-corrected chi connectivity index (χ0v) is 7.18. The van der Waals surface area contributed by atoms with Crippen molar-refractivity contribution in [3.8, 4) is 0 Å². The molecule has 0 radical (unpaired) electrons. The van der Waals surface area contributed by atoms with Crippen molar-refractivity contribution >= 4 is 12.3 Å². The molecule has 0 amide bonds. The molecule has 0 heterocycles. The summed E-state index contributed by atoms with van der Waals surface area (Å²) in [5.74, 6) is 0. The number of rotatable bonds is 8. The summed E-state index contributed by atoms with van der Waals surface area (Å²) in [6.07, 6.45) is 1.24. The van der Waals surface area contributed by atoms with E-state index in [9.17, 15) is 0 Å². The Bertz CT molecular complexity index is 63.6. The molecule has 0 aliphatic rings. The van der Waals surface area contributed by atoms with Gasteiger partial charge in [-0.1, -0.05) is 0 Å². The molecule has 5 heteroatoms. The summed E-state index contributed by atoms with van der Waals surface area (Å²) in [5, 5.41) is 16.7. The van der Waals surface area contributed by atoms with Crippen LogP contribution in [0.1, 0.15) is 12.8 Å². The van der Waals surface area contributed by atoms with E-state index in [-0.39, 0.29) is 13.2 Å². The first-order valence-electron chi connectivity index (χ1n) is 3.54. The van der Waals surface area contributed by atoms with Gasteiger partial charge in [-0.2, -0.15) is 0 Å². The van der Waals surface area contributed by atoms with Crippen LogP contribution in [-0.4, -0.2) is 36.6 Å². The van der Waals surface area contributed by atoms with Crippen LogP contribution in [0.15, 0.2) is 0 Å². The summed E-state index contributed by atoms with van der Waals surface area (Å²) in [6.45, 7) is 1.25. The molecule has 0 atom stereocenters. The first-order chi connectivity index (χ1) is 5.41. The van der Waals surface area contributed by atoms with Gasteiger partial charge in [0.05, 0.1) is 13.2 Å². The van der Waals surface area contributed by atoms with Crippen LogP contribution in [0, 0.1) is 0 Å². The molecule has 11 heavy (non-hydrogen) atoms. The maximum absolute atomic E-state index is 8.34. The predicted molar refractivity (Wildman–Crippen MR) is 42.9 cm³/mol. The lowest BCUT2D eigenvalue weighted by Gasteiger charge is -2.00. The molecule has 0 unspecified atom stereocenters. The second-order valence-corrected chi connectivity index (χ2v) is 2.47. The van der Waals surface area contributed by atoms with Crippen molar-refractivity contribution in [1.29, 1.82) is 0 Å². The number of hydrogen-bond donors (Lipinski definition) is 2. The molecule has 0 spiro atoms. The van der Waals surface area contributed by atoms with Crippen molar-refractivity contribution in [3.63, 3.8) is 0 Å². The predicted octanol–water partition coefficient (Wildman–Crippen LogP) is 0.348. The Morgan fingerprint density at radius 1 is 0.909 bits per heavy atom. The molecule has 0 bridgehead atoms. The third-order valence-electron chi connectivity index (χ3n) is 0.868. The van der Waals surface area contributed by atoms with Gasteiger partial charge >= 0.3 is 0 Å². The van der Waals surface area contributed by atoms with Crippen molar-refractivity contribution in [2.45, 2.75) is 12.8 Å². The molecule has 0 aromatic carbocycles. The standard InChI is InChI=1S/C6H14O4S/c7-3-1-5-9-11-10-6-2-4-8/h7-8H,1-6H2. The molecule has 0 saturated heterocycles. The summed E-state index contributed by atoms with van der Waals surface area (Å²) in [5.41, 5.74) is 0. The Hall–Kier alpha value is 0.190. The number of aliphatic hydroxyl groups excluding tert-OH is 2. The summed E-state index contributed by atoms with van der Waals surface area (Å²) in [7, 11) is 0. The minimum atomic E-state index is 0.136. The van der Waals surface area contributed by atoms with E-state index >= 15 is 0 Å². The van der Waals surface area contributed by atoms with Gasteiger partial charge in [0.25, 0.3) is 0 Å². The topological polar surface area (TPSA) is 58.9 Å². The average molecular weight is 182 g/mol. The highest BCUT2D eigenvalue weighted by Crippen LogP contribution is 2.04. The number of aliphatic hydroxyl groups is 2. The largest absolute Gasteiger partial charge is 0.396 e. The molecule has 0 aromatic heterocycles. The van der Waals surface area contributed by atoms with Crippen molar-refractivity contribution in [2.75, 3.05) is 26.4 Å². The molecule has 0 aliphatic heterocycles. The fourth-order valence-electron chi connectivity index (χ4n) is 0.349. The van der Waals surface area contributed by atoms with E-state index < -0.39 is 0 Å². The van der Waals surface area contributed by atoms with Gasteiger partial charge in [-0.25, -0.2) is 0 Å². The SMILES string of the molecule is OCCCOSOCCCO. The first-order valence-corrected chi connectivity index (χ1v) is 4.21. The Labute approximate surface area is 70.9 Å². The van der Waals surface area contributed by atoms with Crippen LogP contribution >= 0.6 is 12.3 Å². The maximum Gasteiger partial charge on any atom is 0.158 e.